The fraction of sp³-hybridized carbons (Fsp3) is 0.968. The van der Waals surface area contributed by atoms with Crippen LogP contribution in [0, 0.1) is 56.2 Å². The van der Waals surface area contributed by atoms with Crippen LogP contribution in [0.25, 0.3) is 0 Å². The van der Waals surface area contributed by atoms with E-state index in [0.29, 0.717) is 45.6 Å². The van der Waals surface area contributed by atoms with Gasteiger partial charge in [-0.15, -0.1) is 0 Å². The van der Waals surface area contributed by atoms with Gasteiger partial charge in [0.1, 0.15) is 6.10 Å². The summed E-state index contributed by atoms with van der Waals surface area (Å²) in [5.41, 5.74) is 2.02. The second-order valence-corrected chi connectivity index (χ2v) is 15.9. The Bertz CT molecular complexity index is 863. The van der Waals surface area contributed by atoms with Crippen molar-refractivity contribution in [1.29, 1.82) is 0 Å². The van der Waals surface area contributed by atoms with E-state index in [1.165, 1.54) is 57.8 Å². The largest absolute Gasteiger partial charge is 0.464 e. The molecule has 0 spiro atoms. The van der Waals surface area contributed by atoms with Crippen LogP contribution >= 0.6 is 0 Å². The minimum atomic E-state index is 0.0595. The Hall–Kier alpha value is -0.570. The Morgan fingerprint density at radius 3 is 2.24 bits per heavy atom. The number of carbonyl (C=O) groups is 1. The van der Waals surface area contributed by atoms with E-state index in [9.17, 15) is 4.79 Å². The topological polar surface area (TPSA) is 35.5 Å². The summed E-state index contributed by atoms with van der Waals surface area (Å²) in [6.45, 7) is 19.6. The van der Waals surface area contributed by atoms with Crippen molar-refractivity contribution < 1.29 is 14.3 Å². The molecule has 6 rings (SSSR count). The van der Waals surface area contributed by atoms with Crippen molar-refractivity contribution in [3.63, 3.8) is 0 Å². The molecule has 3 nitrogen and oxygen atoms in total. The average Bonchev–Trinajstić information content (AvgIpc) is 3.10. The Morgan fingerprint density at radius 2 is 1.50 bits per heavy atom. The molecule has 5 saturated carbocycles. The Labute approximate surface area is 208 Å². The van der Waals surface area contributed by atoms with E-state index in [1.54, 1.807) is 0 Å². The number of carbonyl (C=O) groups excluding carboxylic acids is 1. The summed E-state index contributed by atoms with van der Waals surface area (Å²) in [4.78, 5) is 11.3. The molecule has 0 aromatic rings. The maximum absolute atomic E-state index is 11.3. The van der Waals surface area contributed by atoms with Gasteiger partial charge in [0.15, 0.2) is 0 Å². The van der Waals surface area contributed by atoms with Crippen LogP contribution in [-0.4, -0.2) is 25.3 Å². The van der Waals surface area contributed by atoms with Crippen molar-refractivity contribution in [2.45, 2.75) is 125 Å². The molecule has 1 saturated heterocycles. The summed E-state index contributed by atoms with van der Waals surface area (Å²) in [6, 6.07) is 0. The highest BCUT2D eigenvalue weighted by atomic mass is 16.5. The van der Waals surface area contributed by atoms with E-state index in [-0.39, 0.29) is 11.5 Å². The fourth-order valence-electron chi connectivity index (χ4n) is 12.3. The van der Waals surface area contributed by atoms with E-state index in [2.05, 4.69) is 48.5 Å². The predicted octanol–water partition coefficient (Wildman–Crippen LogP) is 7.42. The third kappa shape index (κ3) is 2.67. The summed E-state index contributed by atoms with van der Waals surface area (Å²) in [7, 11) is 0. The SMILES string of the molecule is CC1(C)CC[C@]23CC[C@]4(C)[C@H](CC[C@@H]5[C@@]6(C)CC[C@H](OC=O)C(C)(C)[C@@H]6CC[C@]54C)[C@H]2[C@H]1OC3. The minimum absolute atomic E-state index is 0.0595. The summed E-state index contributed by atoms with van der Waals surface area (Å²) in [5.74, 6) is 3.00. The number of ether oxygens (including phenoxy) is 2. The molecule has 6 aliphatic rings. The number of rotatable bonds is 2. The van der Waals surface area contributed by atoms with Gasteiger partial charge in [0.05, 0.1) is 12.7 Å². The van der Waals surface area contributed by atoms with Crippen LogP contribution < -0.4 is 0 Å². The average molecular weight is 471 g/mol. The van der Waals surface area contributed by atoms with Gasteiger partial charge in [-0.1, -0.05) is 48.5 Å². The van der Waals surface area contributed by atoms with Crippen molar-refractivity contribution in [3.8, 4) is 0 Å². The monoisotopic (exact) mass is 470 g/mol. The molecule has 1 heterocycles. The maximum atomic E-state index is 11.3. The second kappa shape index (κ2) is 7.05. The van der Waals surface area contributed by atoms with Crippen LogP contribution in [0.2, 0.25) is 0 Å². The van der Waals surface area contributed by atoms with Crippen LogP contribution in [0.4, 0.5) is 0 Å². The van der Waals surface area contributed by atoms with Crippen LogP contribution in [0.1, 0.15) is 113 Å². The molecule has 34 heavy (non-hydrogen) atoms. The van der Waals surface area contributed by atoms with Gasteiger partial charge >= 0.3 is 0 Å². The van der Waals surface area contributed by atoms with Gasteiger partial charge in [-0.2, -0.15) is 0 Å². The standard InChI is InChI=1S/C31H50O3/c1-26(2)14-16-31-17-15-29(6)20(24(31)25(26)33-18-31)8-9-22-28(5)12-11-23(34-19-32)27(3,4)21(28)10-13-30(22,29)7/h19-25H,8-18H2,1-7H3/t20-,21+,22-,23+,24+,25-,28+,29-,30-,31-/m1/s1. The highest BCUT2D eigenvalue weighted by molar-refractivity contribution is 5.38. The third-order valence-electron chi connectivity index (χ3n) is 14.3. The van der Waals surface area contributed by atoms with Crippen LogP contribution in [0.3, 0.4) is 0 Å². The molecule has 0 aromatic heterocycles. The van der Waals surface area contributed by atoms with E-state index in [1.807, 2.05) is 0 Å². The third-order valence-corrected chi connectivity index (χ3v) is 14.3. The molecule has 3 heteroatoms. The molecule has 1 aliphatic heterocycles. The van der Waals surface area contributed by atoms with Crippen LogP contribution in [0.5, 0.6) is 0 Å². The van der Waals surface area contributed by atoms with Gasteiger partial charge in [0, 0.05) is 5.41 Å². The molecular weight excluding hydrogens is 420 g/mol. The lowest BCUT2D eigenvalue weighted by Crippen LogP contribution is -2.67. The molecule has 192 valence electrons. The summed E-state index contributed by atoms with van der Waals surface area (Å²) in [6.07, 6.45) is 13.7. The first-order valence-electron chi connectivity index (χ1n) is 14.6. The molecule has 0 radical (unpaired) electrons. The van der Waals surface area contributed by atoms with E-state index >= 15 is 0 Å². The highest BCUT2D eigenvalue weighted by Crippen LogP contribution is 2.78. The van der Waals surface area contributed by atoms with Crippen LogP contribution in [0.15, 0.2) is 0 Å². The summed E-state index contributed by atoms with van der Waals surface area (Å²) < 4.78 is 12.4. The lowest BCUT2D eigenvalue weighted by atomic mass is 9.31. The molecule has 0 N–H and O–H groups in total. The zero-order chi connectivity index (χ0) is 24.4. The zero-order valence-corrected chi connectivity index (χ0v) is 23.0. The number of hydrogen-bond acceptors (Lipinski definition) is 3. The second-order valence-electron chi connectivity index (χ2n) is 15.9. The molecular formula is C31H50O3. The van der Waals surface area contributed by atoms with E-state index in [0.717, 1.165) is 30.8 Å². The highest BCUT2D eigenvalue weighted by Gasteiger charge is 2.72. The molecule has 2 bridgehead atoms. The Morgan fingerprint density at radius 1 is 0.765 bits per heavy atom. The van der Waals surface area contributed by atoms with Crippen molar-refractivity contribution >= 4 is 6.47 Å². The molecule has 0 aromatic carbocycles. The Balaban J connectivity index is 1.36. The van der Waals surface area contributed by atoms with Gasteiger partial charge in [0.2, 0.25) is 0 Å². The lowest BCUT2D eigenvalue weighted by Gasteiger charge is -2.73. The molecule has 6 fully saturated rings. The van der Waals surface area contributed by atoms with E-state index in [4.69, 9.17) is 9.47 Å². The summed E-state index contributed by atoms with van der Waals surface area (Å²) >= 11 is 0. The first-order chi connectivity index (χ1) is 15.9. The molecule has 5 aliphatic carbocycles. The lowest BCUT2D eigenvalue weighted by molar-refractivity contribution is -0.253. The van der Waals surface area contributed by atoms with Gasteiger partial charge in [-0.05, 0) is 115 Å². The minimum Gasteiger partial charge on any atom is -0.464 e. The maximum Gasteiger partial charge on any atom is 0.293 e. The fourth-order valence-corrected chi connectivity index (χ4v) is 12.3. The van der Waals surface area contributed by atoms with E-state index < -0.39 is 0 Å². The smallest absolute Gasteiger partial charge is 0.293 e. The van der Waals surface area contributed by atoms with Gasteiger partial charge in [-0.25, -0.2) is 0 Å². The Kier molecular flexibility index (Phi) is 4.93. The molecule has 0 unspecified atom stereocenters. The van der Waals surface area contributed by atoms with Crippen molar-refractivity contribution in [1.82, 2.24) is 0 Å². The summed E-state index contributed by atoms with van der Waals surface area (Å²) in [5, 5.41) is 0. The number of fused-ring (bicyclic) bond motifs is 5. The predicted molar refractivity (Wildman–Crippen MR) is 135 cm³/mol. The molecule has 0 amide bonds. The van der Waals surface area contributed by atoms with Gasteiger partial charge in [-0.3, -0.25) is 4.79 Å². The molecule has 10 atom stereocenters. The first kappa shape index (κ1) is 23.8. The van der Waals surface area contributed by atoms with Gasteiger partial charge in [0.25, 0.3) is 6.47 Å². The first-order valence-corrected chi connectivity index (χ1v) is 14.6. The van der Waals surface area contributed by atoms with Gasteiger partial charge < -0.3 is 9.47 Å². The zero-order valence-electron chi connectivity index (χ0n) is 23.0. The normalized spacial score (nSPS) is 56.9. The number of hydrogen-bond donors (Lipinski definition) is 0. The quantitative estimate of drug-likeness (QED) is 0.394. The van der Waals surface area contributed by atoms with Crippen molar-refractivity contribution in [2.24, 2.45) is 56.2 Å². The van der Waals surface area contributed by atoms with Crippen molar-refractivity contribution in [3.05, 3.63) is 0 Å². The van der Waals surface area contributed by atoms with Crippen molar-refractivity contribution in [2.75, 3.05) is 6.61 Å². The van der Waals surface area contributed by atoms with Crippen LogP contribution in [-0.2, 0) is 14.3 Å².